The lowest BCUT2D eigenvalue weighted by molar-refractivity contribution is -0.137. The number of halogens is 3. The van der Waals surface area contributed by atoms with Gasteiger partial charge in [-0.15, -0.1) is 11.3 Å². The van der Waals surface area contributed by atoms with E-state index in [1.807, 2.05) is 0 Å². The molecule has 1 N–H and O–H groups in total. The molecule has 1 amide bonds. The van der Waals surface area contributed by atoms with Crippen molar-refractivity contribution < 1.29 is 32.6 Å². The highest BCUT2D eigenvalue weighted by atomic mass is 32.1. The van der Waals surface area contributed by atoms with Crippen LogP contribution in [0.3, 0.4) is 0 Å². The summed E-state index contributed by atoms with van der Waals surface area (Å²) >= 11 is 1.13. The second-order valence-corrected chi connectivity index (χ2v) is 7.92. The first-order valence-electron chi connectivity index (χ1n) is 9.38. The number of thiophene rings is 1. The predicted octanol–water partition coefficient (Wildman–Crippen LogP) is 5.56. The van der Waals surface area contributed by atoms with E-state index in [2.05, 4.69) is 0 Å². The molecular formula is C23H16F3NO4S. The van der Waals surface area contributed by atoms with Gasteiger partial charge in [0.1, 0.15) is 5.75 Å². The van der Waals surface area contributed by atoms with Crippen LogP contribution in [0, 0.1) is 0 Å². The van der Waals surface area contributed by atoms with E-state index >= 15 is 0 Å². The van der Waals surface area contributed by atoms with Crippen LogP contribution in [0.5, 0.6) is 5.75 Å². The van der Waals surface area contributed by atoms with Gasteiger partial charge < -0.3 is 9.84 Å². The molecule has 1 atom stereocenters. The molecule has 1 aliphatic rings. The number of carbonyl (C=O) groups excluding carboxylic acids is 2. The Labute approximate surface area is 185 Å². The molecule has 4 rings (SSSR count). The molecule has 2 aromatic carbocycles. The van der Waals surface area contributed by atoms with Crippen LogP contribution < -0.4 is 9.64 Å². The number of amides is 1. The number of rotatable bonds is 5. The first kappa shape index (κ1) is 21.6. The predicted molar refractivity (Wildman–Crippen MR) is 113 cm³/mol. The highest BCUT2D eigenvalue weighted by Crippen LogP contribution is 2.43. The Bertz CT molecular complexity index is 1200. The van der Waals surface area contributed by atoms with Crippen LogP contribution in [0.25, 0.3) is 0 Å². The molecule has 9 heteroatoms. The van der Waals surface area contributed by atoms with Crippen molar-refractivity contribution in [2.24, 2.45) is 0 Å². The largest absolute Gasteiger partial charge is 0.503 e. The van der Waals surface area contributed by atoms with Gasteiger partial charge in [-0.25, -0.2) is 0 Å². The number of alkyl halides is 3. The second-order valence-electron chi connectivity index (χ2n) is 6.97. The lowest BCUT2D eigenvalue weighted by atomic mass is 9.95. The number of ether oxygens (including phenoxy) is 1. The zero-order valence-corrected chi connectivity index (χ0v) is 17.4. The summed E-state index contributed by atoms with van der Waals surface area (Å²) in [5.41, 5.74) is -0.805. The zero-order chi connectivity index (χ0) is 23.0. The molecule has 5 nitrogen and oxygen atoms in total. The van der Waals surface area contributed by atoms with E-state index in [1.165, 1.54) is 19.2 Å². The third-order valence-electron chi connectivity index (χ3n) is 5.08. The zero-order valence-electron chi connectivity index (χ0n) is 16.6. The minimum Gasteiger partial charge on any atom is -0.503 e. The van der Waals surface area contributed by atoms with Gasteiger partial charge in [0.2, 0.25) is 5.78 Å². The Hall–Kier alpha value is -3.59. The molecule has 1 unspecified atom stereocenters. The van der Waals surface area contributed by atoms with Crippen molar-refractivity contribution in [3.63, 3.8) is 0 Å². The first-order valence-corrected chi connectivity index (χ1v) is 10.3. The van der Waals surface area contributed by atoms with Crippen molar-refractivity contribution in [1.29, 1.82) is 0 Å². The minimum atomic E-state index is -4.63. The molecule has 1 aromatic heterocycles. The van der Waals surface area contributed by atoms with Gasteiger partial charge >= 0.3 is 6.18 Å². The molecule has 0 fully saturated rings. The molecule has 32 heavy (non-hydrogen) atoms. The Morgan fingerprint density at radius 3 is 2.41 bits per heavy atom. The van der Waals surface area contributed by atoms with Crippen LogP contribution in [0.15, 0.2) is 77.4 Å². The Morgan fingerprint density at radius 1 is 1.09 bits per heavy atom. The maximum Gasteiger partial charge on any atom is 0.416 e. The summed E-state index contributed by atoms with van der Waals surface area (Å²) in [7, 11) is 1.47. The summed E-state index contributed by atoms with van der Waals surface area (Å²) in [5, 5.41) is 12.3. The Kier molecular flexibility index (Phi) is 5.52. The average molecular weight is 459 g/mol. The molecule has 0 spiro atoms. The normalized spacial score (nSPS) is 16.6. The van der Waals surface area contributed by atoms with Gasteiger partial charge in [-0.1, -0.05) is 24.3 Å². The average Bonchev–Trinajstić information content (AvgIpc) is 3.40. The van der Waals surface area contributed by atoms with Crippen molar-refractivity contribution >= 4 is 28.7 Å². The minimum absolute atomic E-state index is 0.0915. The lowest BCUT2D eigenvalue weighted by Crippen LogP contribution is -2.31. The third-order valence-corrected chi connectivity index (χ3v) is 5.95. The molecule has 0 radical (unpaired) electrons. The molecule has 0 bridgehead atoms. The Balaban J connectivity index is 1.87. The fourth-order valence-electron chi connectivity index (χ4n) is 3.58. The van der Waals surface area contributed by atoms with Gasteiger partial charge in [-0.3, -0.25) is 14.5 Å². The van der Waals surface area contributed by atoms with Crippen molar-refractivity contribution in [2.75, 3.05) is 12.0 Å². The van der Waals surface area contributed by atoms with Gasteiger partial charge in [-0.2, -0.15) is 13.2 Å². The summed E-state index contributed by atoms with van der Waals surface area (Å²) in [4.78, 5) is 27.5. The van der Waals surface area contributed by atoms with Crippen molar-refractivity contribution in [1.82, 2.24) is 0 Å². The van der Waals surface area contributed by atoms with Crippen LogP contribution >= 0.6 is 11.3 Å². The molecule has 3 aromatic rings. The molecule has 1 aliphatic heterocycles. The number of hydrogen-bond acceptors (Lipinski definition) is 5. The van der Waals surface area contributed by atoms with E-state index in [0.29, 0.717) is 16.2 Å². The quantitative estimate of drug-likeness (QED) is 0.508. The molecule has 0 saturated heterocycles. The van der Waals surface area contributed by atoms with E-state index in [1.54, 1.807) is 41.8 Å². The van der Waals surface area contributed by atoms with Gasteiger partial charge in [0.25, 0.3) is 5.91 Å². The maximum atomic E-state index is 13.3. The summed E-state index contributed by atoms with van der Waals surface area (Å²) in [6.45, 7) is 0. The molecule has 0 saturated carbocycles. The number of nitrogens with zero attached hydrogens (tertiary/aromatic N) is 1. The van der Waals surface area contributed by atoms with E-state index in [0.717, 1.165) is 28.4 Å². The molecular weight excluding hydrogens is 443 g/mol. The van der Waals surface area contributed by atoms with Crippen LogP contribution in [-0.2, 0) is 11.0 Å². The smallest absolute Gasteiger partial charge is 0.416 e. The third kappa shape index (κ3) is 3.75. The summed E-state index contributed by atoms with van der Waals surface area (Å²) in [6.07, 6.45) is -4.63. The van der Waals surface area contributed by atoms with E-state index in [-0.39, 0.29) is 11.3 Å². The fraction of sp³-hybridized carbons (Fsp3) is 0.130. The van der Waals surface area contributed by atoms with Gasteiger partial charge in [0.05, 0.1) is 29.2 Å². The van der Waals surface area contributed by atoms with Crippen molar-refractivity contribution in [2.45, 2.75) is 12.2 Å². The van der Waals surface area contributed by atoms with Crippen molar-refractivity contribution in [3.8, 4) is 5.75 Å². The SMILES string of the molecule is COc1ccc(C2C(C(=O)c3cccs3)=C(O)C(=O)N2c2cccc(C(F)(F)F)c2)cc1. The first-order chi connectivity index (χ1) is 15.2. The number of aliphatic hydroxyl groups excluding tert-OH is 1. The van der Waals surface area contributed by atoms with Gasteiger partial charge in [-0.05, 0) is 47.3 Å². The van der Waals surface area contributed by atoms with E-state index in [9.17, 15) is 27.9 Å². The van der Waals surface area contributed by atoms with Crippen LogP contribution in [0.1, 0.15) is 26.8 Å². The number of anilines is 1. The highest BCUT2D eigenvalue weighted by Gasteiger charge is 2.45. The van der Waals surface area contributed by atoms with Gasteiger partial charge in [0, 0.05) is 5.69 Å². The summed E-state index contributed by atoms with van der Waals surface area (Å²) in [5.74, 6) is -1.80. The number of methoxy groups -OCH3 is 1. The second kappa shape index (κ2) is 8.16. The van der Waals surface area contributed by atoms with E-state index < -0.39 is 35.2 Å². The summed E-state index contributed by atoms with van der Waals surface area (Å²) in [6, 6.07) is 12.7. The topological polar surface area (TPSA) is 66.8 Å². The molecule has 164 valence electrons. The lowest BCUT2D eigenvalue weighted by Gasteiger charge is -2.27. The van der Waals surface area contributed by atoms with Gasteiger partial charge in [0.15, 0.2) is 5.76 Å². The molecule has 0 aliphatic carbocycles. The Morgan fingerprint density at radius 2 is 1.81 bits per heavy atom. The maximum absolute atomic E-state index is 13.3. The van der Waals surface area contributed by atoms with Crippen LogP contribution in [0.4, 0.5) is 18.9 Å². The fourth-order valence-corrected chi connectivity index (χ4v) is 4.26. The van der Waals surface area contributed by atoms with Crippen LogP contribution in [-0.4, -0.2) is 23.9 Å². The number of aliphatic hydroxyl groups is 1. The van der Waals surface area contributed by atoms with Crippen molar-refractivity contribution in [3.05, 3.63) is 93.4 Å². The standard InChI is InChI=1S/C23H16F3NO4S/c1-31-16-9-7-13(8-10-16)19-18(20(28)17-6-3-11-32-17)21(29)22(30)27(19)15-5-2-4-14(12-15)23(24,25)26/h2-12,19,29H,1H3. The van der Waals surface area contributed by atoms with E-state index in [4.69, 9.17) is 4.74 Å². The number of Topliss-reactive ketones (excluding diaryl/α,β-unsaturated/α-hetero) is 1. The number of benzene rings is 2. The summed E-state index contributed by atoms with van der Waals surface area (Å²) < 4.78 is 45.0. The number of carbonyl (C=O) groups is 2. The number of ketones is 1. The molecule has 2 heterocycles. The van der Waals surface area contributed by atoms with Crippen LogP contribution in [0.2, 0.25) is 0 Å². The highest BCUT2D eigenvalue weighted by molar-refractivity contribution is 7.12. The monoisotopic (exact) mass is 459 g/mol. The number of hydrogen-bond donors (Lipinski definition) is 1.